The first kappa shape index (κ1) is 17.6. The molecule has 1 saturated heterocycles. The van der Waals surface area contributed by atoms with Gasteiger partial charge in [-0.15, -0.1) is 0 Å². The number of aliphatic imine (C=N–C) groups is 1. The molecule has 1 aliphatic rings. The lowest BCUT2D eigenvalue weighted by Crippen LogP contribution is -2.49. The number of guanidine groups is 1. The topological polar surface area (TPSA) is 47.9 Å². The van der Waals surface area contributed by atoms with Gasteiger partial charge in [0.1, 0.15) is 0 Å². The molecule has 0 saturated carbocycles. The summed E-state index contributed by atoms with van der Waals surface area (Å²) < 4.78 is 0. The summed E-state index contributed by atoms with van der Waals surface area (Å²) >= 11 is 2.06. The lowest BCUT2D eigenvalue weighted by atomic mass is 10.1. The van der Waals surface area contributed by atoms with Gasteiger partial charge >= 0.3 is 0 Å². The second-order valence-electron chi connectivity index (χ2n) is 6.12. The van der Waals surface area contributed by atoms with E-state index in [-0.39, 0.29) is 0 Å². The highest BCUT2D eigenvalue weighted by molar-refractivity contribution is 8.00. The average molecular weight is 302 g/mol. The predicted octanol–water partition coefficient (Wildman–Crippen LogP) is 2.19. The molecule has 1 heterocycles. The van der Waals surface area contributed by atoms with Gasteiger partial charge < -0.3 is 15.3 Å². The molecule has 1 aliphatic heterocycles. The lowest BCUT2D eigenvalue weighted by Gasteiger charge is -2.36. The molecule has 0 bridgehead atoms. The van der Waals surface area contributed by atoms with Crippen LogP contribution in [0.2, 0.25) is 0 Å². The van der Waals surface area contributed by atoms with Crippen LogP contribution in [-0.4, -0.2) is 58.7 Å². The Balaban J connectivity index is 2.71. The molecular formula is C15H31N3OS. The minimum atomic E-state index is -0.706. The van der Waals surface area contributed by atoms with Crippen LogP contribution in [0, 0.1) is 5.92 Å². The van der Waals surface area contributed by atoms with Gasteiger partial charge in [0.05, 0.1) is 12.1 Å². The Morgan fingerprint density at radius 1 is 1.50 bits per heavy atom. The van der Waals surface area contributed by atoms with Crippen LogP contribution in [0.15, 0.2) is 4.99 Å². The smallest absolute Gasteiger partial charge is 0.194 e. The molecule has 0 aromatic heterocycles. The minimum absolute atomic E-state index is 0.460. The van der Waals surface area contributed by atoms with Gasteiger partial charge in [0.25, 0.3) is 0 Å². The van der Waals surface area contributed by atoms with E-state index in [1.807, 2.05) is 13.8 Å². The standard InChI is InChI=1S/C15H31N3OS/c1-6-15(5,19)11-17-14(16-7-2)18-8-9-20-13(10-18)12(3)4/h12-13,19H,6-11H2,1-5H3,(H,16,17). The first-order chi connectivity index (χ1) is 9.39. The number of rotatable bonds is 5. The van der Waals surface area contributed by atoms with Crippen LogP contribution in [0.5, 0.6) is 0 Å². The molecule has 0 aliphatic carbocycles. The first-order valence-electron chi connectivity index (χ1n) is 7.77. The Morgan fingerprint density at radius 2 is 2.20 bits per heavy atom. The maximum Gasteiger partial charge on any atom is 0.194 e. The van der Waals surface area contributed by atoms with E-state index < -0.39 is 5.60 Å². The normalized spacial score (nSPS) is 23.9. The van der Waals surface area contributed by atoms with E-state index in [9.17, 15) is 5.11 Å². The molecule has 1 fully saturated rings. The van der Waals surface area contributed by atoms with Crippen molar-refractivity contribution >= 4 is 17.7 Å². The highest BCUT2D eigenvalue weighted by atomic mass is 32.2. The maximum absolute atomic E-state index is 10.1. The van der Waals surface area contributed by atoms with E-state index in [4.69, 9.17) is 0 Å². The lowest BCUT2D eigenvalue weighted by molar-refractivity contribution is 0.0654. The van der Waals surface area contributed by atoms with E-state index in [2.05, 4.69) is 47.7 Å². The molecule has 0 aromatic rings. The first-order valence-corrected chi connectivity index (χ1v) is 8.81. The van der Waals surface area contributed by atoms with Crippen molar-refractivity contribution in [1.82, 2.24) is 10.2 Å². The van der Waals surface area contributed by atoms with Crippen LogP contribution in [0.3, 0.4) is 0 Å². The third kappa shape index (κ3) is 5.52. The van der Waals surface area contributed by atoms with E-state index in [0.717, 1.165) is 37.8 Å². The maximum atomic E-state index is 10.1. The van der Waals surface area contributed by atoms with E-state index >= 15 is 0 Å². The fourth-order valence-corrected chi connectivity index (χ4v) is 3.35. The fraction of sp³-hybridized carbons (Fsp3) is 0.933. The monoisotopic (exact) mass is 301 g/mol. The Labute approximate surface area is 128 Å². The third-order valence-electron chi connectivity index (χ3n) is 3.80. The molecule has 2 unspecified atom stereocenters. The van der Waals surface area contributed by atoms with Crippen LogP contribution < -0.4 is 5.32 Å². The van der Waals surface area contributed by atoms with Crippen molar-refractivity contribution in [2.24, 2.45) is 10.9 Å². The predicted molar refractivity (Wildman–Crippen MR) is 89.6 cm³/mol. The third-order valence-corrected chi connectivity index (χ3v) is 5.34. The Morgan fingerprint density at radius 3 is 2.75 bits per heavy atom. The van der Waals surface area contributed by atoms with Crippen LogP contribution in [0.4, 0.5) is 0 Å². The molecule has 2 N–H and O–H groups in total. The number of nitrogens with one attached hydrogen (secondary N) is 1. The molecule has 4 nitrogen and oxygen atoms in total. The molecule has 2 atom stereocenters. The van der Waals surface area contributed by atoms with Crippen molar-refractivity contribution in [3.8, 4) is 0 Å². The average Bonchev–Trinajstić information content (AvgIpc) is 2.43. The van der Waals surface area contributed by atoms with Gasteiger partial charge in [-0.05, 0) is 26.2 Å². The van der Waals surface area contributed by atoms with Crippen LogP contribution >= 0.6 is 11.8 Å². The van der Waals surface area contributed by atoms with Crippen molar-refractivity contribution in [1.29, 1.82) is 0 Å². The van der Waals surface area contributed by atoms with Gasteiger partial charge in [0.15, 0.2) is 5.96 Å². The fourth-order valence-electron chi connectivity index (χ4n) is 2.05. The summed E-state index contributed by atoms with van der Waals surface area (Å²) in [6, 6.07) is 0. The van der Waals surface area contributed by atoms with Gasteiger partial charge in [-0.3, -0.25) is 4.99 Å². The van der Waals surface area contributed by atoms with E-state index in [1.165, 1.54) is 0 Å². The summed E-state index contributed by atoms with van der Waals surface area (Å²) in [6.45, 7) is 13.9. The number of hydrogen-bond acceptors (Lipinski definition) is 3. The minimum Gasteiger partial charge on any atom is -0.388 e. The second kappa shape index (κ2) is 8.13. The zero-order valence-electron chi connectivity index (χ0n) is 13.6. The zero-order valence-corrected chi connectivity index (χ0v) is 14.5. The number of hydrogen-bond donors (Lipinski definition) is 2. The zero-order chi connectivity index (χ0) is 15.2. The van der Waals surface area contributed by atoms with Gasteiger partial charge in [-0.25, -0.2) is 0 Å². The molecule has 0 spiro atoms. The van der Waals surface area contributed by atoms with Crippen molar-refractivity contribution in [3.05, 3.63) is 0 Å². The number of thioether (sulfide) groups is 1. The van der Waals surface area contributed by atoms with Crippen LogP contribution in [0.25, 0.3) is 0 Å². The molecule has 20 heavy (non-hydrogen) atoms. The molecule has 118 valence electrons. The molecule has 0 aromatic carbocycles. The van der Waals surface area contributed by atoms with Crippen molar-refractivity contribution in [2.45, 2.75) is 51.9 Å². The Kier molecular flexibility index (Phi) is 7.17. The van der Waals surface area contributed by atoms with Gasteiger partial charge in [-0.2, -0.15) is 11.8 Å². The molecule has 0 radical (unpaired) electrons. The summed E-state index contributed by atoms with van der Waals surface area (Å²) in [4.78, 5) is 6.99. The van der Waals surface area contributed by atoms with Crippen molar-refractivity contribution < 1.29 is 5.11 Å². The van der Waals surface area contributed by atoms with Crippen LogP contribution in [-0.2, 0) is 0 Å². The highest BCUT2D eigenvalue weighted by Gasteiger charge is 2.25. The van der Waals surface area contributed by atoms with Crippen LogP contribution in [0.1, 0.15) is 41.0 Å². The highest BCUT2D eigenvalue weighted by Crippen LogP contribution is 2.25. The Bertz CT molecular complexity index is 318. The number of nitrogens with zero attached hydrogens (tertiary/aromatic N) is 2. The summed E-state index contributed by atoms with van der Waals surface area (Å²) in [5, 5.41) is 14.2. The van der Waals surface area contributed by atoms with Crippen molar-refractivity contribution in [2.75, 3.05) is 31.9 Å². The summed E-state index contributed by atoms with van der Waals surface area (Å²) in [6.07, 6.45) is 0.723. The molecule has 0 amide bonds. The summed E-state index contributed by atoms with van der Waals surface area (Å²) in [7, 11) is 0. The SMILES string of the molecule is CCNC(=NCC(C)(O)CC)N1CCSC(C(C)C)C1. The van der Waals surface area contributed by atoms with Gasteiger partial charge in [0.2, 0.25) is 0 Å². The van der Waals surface area contributed by atoms with Gasteiger partial charge in [-0.1, -0.05) is 20.8 Å². The quantitative estimate of drug-likeness (QED) is 0.604. The molecule has 1 rings (SSSR count). The summed E-state index contributed by atoms with van der Waals surface area (Å²) in [5.74, 6) is 2.79. The molecule has 5 heteroatoms. The number of aliphatic hydroxyl groups is 1. The van der Waals surface area contributed by atoms with Gasteiger partial charge in [0, 0.05) is 30.6 Å². The largest absolute Gasteiger partial charge is 0.388 e. The second-order valence-corrected chi connectivity index (χ2v) is 7.47. The van der Waals surface area contributed by atoms with E-state index in [1.54, 1.807) is 0 Å². The molecular weight excluding hydrogens is 270 g/mol. The summed E-state index contributed by atoms with van der Waals surface area (Å²) in [5.41, 5.74) is -0.706. The van der Waals surface area contributed by atoms with Crippen molar-refractivity contribution in [3.63, 3.8) is 0 Å². The Hall–Kier alpha value is -0.420. The van der Waals surface area contributed by atoms with E-state index in [0.29, 0.717) is 17.7 Å².